The van der Waals surface area contributed by atoms with Crippen LogP contribution < -0.4 is 10.1 Å². The largest absolute Gasteiger partial charge is 0.497 e. The molecule has 0 radical (unpaired) electrons. The van der Waals surface area contributed by atoms with E-state index < -0.39 is 6.04 Å². The fourth-order valence-electron chi connectivity index (χ4n) is 3.98. The molecule has 0 bridgehead atoms. The average molecular weight is 406 g/mol. The quantitative estimate of drug-likeness (QED) is 0.688. The Hall–Kier alpha value is -3.28. The first-order chi connectivity index (χ1) is 14.5. The zero-order chi connectivity index (χ0) is 21.3. The van der Waals surface area contributed by atoms with E-state index in [1.54, 1.807) is 42.5 Å². The Kier molecular flexibility index (Phi) is 5.48. The molecule has 6 heteroatoms. The predicted octanol–water partition coefficient (Wildman–Crippen LogP) is 4.23. The number of furan rings is 1. The standard InChI is InChI=1S/C24H26N2O4/c1-15-11-20-17(14-30-22(20)12-16(15)2)13-23(27)26-10-4-5-21(26)24(28)25-18-6-8-19(29-3)9-7-18/h6-9,11-12,14,21H,4-5,10,13H2,1-3H3,(H,25,28). The normalized spacial score (nSPS) is 16.1. The molecule has 2 amide bonds. The lowest BCUT2D eigenvalue weighted by Crippen LogP contribution is -2.43. The molecule has 1 aromatic heterocycles. The molecule has 1 aliphatic rings. The van der Waals surface area contributed by atoms with Crippen LogP contribution in [0, 0.1) is 13.8 Å². The fourth-order valence-corrected chi connectivity index (χ4v) is 3.98. The summed E-state index contributed by atoms with van der Waals surface area (Å²) < 4.78 is 10.8. The van der Waals surface area contributed by atoms with Crippen molar-refractivity contribution in [1.82, 2.24) is 4.90 Å². The molecule has 1 aliphatic heterocycles. The SMILES string of the molecule is COc1ccc(NC(=O)C2CCCN2C(=O)Cc2coc3cc(C)c(C)cc23)cc1. The number of likely N-dealkylation sites (tertiary alicyclic amines) is 1. The maximum atomic E-state index is 13.0. The molecule has 0 aliphatic carbocycles. The predicted molar refractivity (Wildman–Crippen MR) is 116 cm³/mol. The number of ether oxygens (including phenoxy) is 1. The minimum Gasteiger partial charge on any atom is -0.497 e. The van der Waals surface area contributed by atoms with Gasteiger partial charge in [0.05, 0.1) is 19.8 Å². The number of nitrogens with one attached hydrogen (secondary N) is 1. The van der Waals surface area contributed by atoms with Crippen LogP contribution in [0.5, 0.6) is 5.75 Å². The first-order valence-corrected chi connectivity index (χ1v) is 10.2. The van der Waals surface area contributed by atoms with E-state index >= 15 is 0 Å². The van der Waals surface area contributed by atoms with Crippen molar-refractivity contribution in [2.24, 2.45) is 0 Å². The Morgan fingerprint density at radius 3 is 2.63 bits per heavy atom. The summed E-state index contributed by atoms with van der Waals surface area (Å²) >= 11 is 0. The lowest BCUT2D eigenvalue weighted by Gasteiger charge is -2.24. The van der Waals surface area contributed by atoms with E-state index in [0.29, 0.717) is 18.7 Å². The van der Waals surface area contributed by atoms with Crippen LogP contribution in [0.1, 0.15) is 29.5 Å². The average Bonchev–Trinajstić information content (AvgIpc) is 3.37. The Morgan fingerprint density at radius 2 is 1.90 bits per heavy atom. The van der Waals surface area contributed by atoms with Crippen LogP contribution >= 0.6 is 0 Å². The fraction of sp³-hybridized carbons (Fsp3) is 0.333. The van der Waals surface area contributed by atoms with Gasteiger partial charge in [-0.25, -0.2) is 0 Å². The molecular weight excluding hydrogens is 380 g/mol. The van der Waals surface area contributed by atoms with Crippen LogP contribution in [-0.4, -0.2) is 36.4 Å². The number of methoxy groups -OCH3 is 1. The van der Waals surface area contributed by atoms with Gasteiger partial charge in [0.1, 0.15) is 17.4 Å². The Balaban J connectivity index is 1.46. The number of hydrogen-bond donors (Lipinski definition) is 1. The maximum Gasteiger partial charge on any atom is 0.247 e. The van der Waals surface area contributed by atoms with Gasteiger partial charge in [-0.05, 0) is 74.2 Å². The Bertz CT molecular complexity index is 1080. The molecule has 4 rings (SSSR count). The number of amides is 2. The molecule has 0 saturated carbocycles. The van der Waals surface area contributed by atoms with Crippen molar-refractivity contribution in [3.8, 4) is 5.75 Å². The number of fused-ring (bicyclic) bond motifs is 1. The summed E-state index contributed by atoms with van der Waals surface area (Å²) in [6, 6.07) is 10.8. The lowest BCUT2D eigenvalue weighted by atomic mass is 10.0. The molecule has 1 unspecified atom stereocenters. The molecule has 2 aromatic carbocycles. The third-order valence-electron chi connectivity index (χ3n) is 5.85. The van der Waals surface area contributed by atoms with Crippen molar-refractivity contribution in [3.63, 3.8) is 0 Å². The van der Waals surface area contributed by atoms with Crippen molar-refractivity contribution in [2.75, 3.05) is 19.0 Å². The van der Waals surface area contributed by atoms with Gasteiger partial charge in [-0.3, -0.25) is 9.59 Å². The van der Waals surface area contributed by atoms with Crippen molar-refractivity contribution >= 4 is 28.5 Å². The van der Waals surface area contributed by atoms with E-state index in [2.05, 4.69) is 11.4 Å². The first-order valence-electron chi connectivity index (χ1n) is 10.2. The number of benzene rings is 2. The second-order valence-corrected chi connectivity index (χ2v) is 7.83. The molecule has 0 spiro atoms. The van der Waals surface area contributed by atoms with E-state index in [4.69, 9.17) is 9.15 Å². The zero-order valence-corrected chi connectivity index (χ0v) is 17.5. The van der Waals surface area contributed by atoms with Gasteiger partial charge in [-0.1, -0.05) is 0 Å². The van der Waals surface area contributed by atoms with Gasteiger partial charge in [0, 0.05) is 23.2 Å². The number of rotatable bonds is 5. The van der Waals surface area contributed by atoms with Crippen LogP contribution in [0.4, 0.5) is 5.69 Å². The molecule has 3 aromatic rings. The molecular formula is C24H26N2O4. The Labute approximate surface area is 175 Å². The molecule has 1 saturated heterocycles. The van der Waals surface area contributed by atoms with Gasteiger partial charge < -0.3 is 19.4 Å². The monoisotopic (exact) mass is 406 g/mol. The van der Waals surface area contributed by atoms with Crippen molar-refractivity contribution in [2.45, 2.75) is 39.2 Å². The van der Waals surface area contributed by atoms with Crippen LogP contribution in [0.15, 0.2) is 47.1 Å². The molecule has 6 nitrogen and oxygen atoms in total. The van der Waals surface area contributed by atoms with E-state index in [9.17, 15) is 9.59 Å². The van der Waals surface area contributed by atoms with E-state index in [-0.39, 0.29) is 18.2 Å². The minimum atomic E-state index is -0.457. The van der Waals surface area contributed by atoms with Gasteiger partial charge in [-0.2, -0.15) is 0 Å². The highest BCUT2D eigenvalue weighted by atomic mass is 16.5. The summed E-state index contributed by atoms with van der Waals surface area (Å²) in [7, 11) is 1.60. The molecule has 30 heavy (non-hydrogen) atoms. The van der Waals surface area contributed by atoms with Crippen LogP contribution in [0.25, 0.3) is 11.0 Å². The van der Waals surface area contributed by atoms with E-state index in [1.807, 2.05) is 19.9 Å². The van der Waals surface area contributed by atoms with E-state index in [0.717, 1.165) is 39.8 Å². The zero-order valence-electron chi connectivity index (χ0n) is 17.5. The number of anilines is 1. The van der Waals surface area contributed by atoms with Crippen LogP contribution in [0.3, 0.4) is 0 Å². The lowest BCUT2D eigenvalue weighted by molar-refractivity contribution is -0.136. The van der Waals surface area contributed by atoms with Gasteiger partial charge in [0.2, 0.25) is 11.8 Å². The molecule has 2 heterocycles. The summed E-state index contributed by atoms with van der Waals surface area (Å²) in [5.74, 6) is 0.515. The van der Waals surface area contributed by atoms with Gasteiger partial charge in [-0.15, -0.1) is 0 Å². The Morgan fingerprint density at radius 1 is 1.17 bits per heavy atom. The number of hydrogen-bond acceptors (Lipinski definition) is 4. The third kappa shape index (κ3) is 3.90. The van der Waals surface area contributed by atoms with Crippen molar-refractivity contribution < 1.29 is 18.7 Å². The van der Waals surface area contributed by atoms with Crippen molar-refractivity contribution in [1.29, 1.82) is 0 Å². The van der Waals surface area contributed by atoms with Gasteiger partial charge in [0.15, 0.2) is 0 Å². The number of carbonyl (C=O) groups excluding carboxylic acids is 2. The van der Waals surface area contributed by atoms with E-state index in [1.165, 1.54) is 0 Å². The maximum absolute atomic E-state index is 13.0. The smallest absolute Gasteiger partial charge is 0.247 e. The van der Waals surface area contributed by atoms with Crippen LogP contribution in [-0.2, 0) is 16.0 Å². The summed E-state index contributed by atoms with van der Waals surface area (Å²) in [4.78, 5) is 27.6. The second kappa shape index (κ2) is 8.22. The molecule has 1 atom stereocenters. The number of carbonyl (C=O) groups is 2. The molecule has 1 N–H and O–H groups in total. The summed E-state index contributed by atoms with van der Waals surface area (Å²) in [6.07, 6.45) is 3.36. The second-order valence-electron chi connectivity index (χ2n) is 7.83. The highest BCUT2D eigenvalue weighted by Gasteiger charge is 2.34. The summed E-state index contributed by atoms with van der Waals surface area (Å²) in [5.41, 5.74) is 4.65. The highest BCUT2D eigenvalue weighted by Crippen LogP contribution is 2.27. The third-order valence-corrected chi connectivity index (χ3v) is 5.85. The summed E-state index contributed by atoms with van der Waals surface area (Å²) in [6.45, 7) is 4.68. The first kappa shape index (κ1) is 20.0. The minimum absolute atomic E-state index is 0.0525. The van der Waals surface area contributed by atoms with Gasteiger partial charge >= 0.3 is 0 Å². The number of nitrogens with zero attached hydrogens (tertiary/aromatic N) is 1. The van der Waals surface area contributed by atoms with Crippen LogP contribution in [0.2, 0.25) is 0 Å². The molecule has 1 fully saturated rings. The summed E-state index contributed by atoms with van der Waals surface area (Å²) in [5, 5.41) is 3.88. The topological polar surface area (TPSA) is 71.8 Å². The molecule has 156 valence electrons. The van der Waals surface area contributed by atoms with Gasteiger partial charge in [0.25, 0.3) is 0 Å². The highest BCUT2D eigenvalue weighted by molar-refractivity contribution is 5.98. The van der Waals surface area contributed by atoms with Crippen molar-refractivity contribution in [3.05, 3.63) is 59.4 Å². The number of aryl methyl sites for hydroxylation is 2.